The summed E-state index contributed by atoms with van der Waals surface area (Å²) in [4.78, 5) is 33.1. The molecule has 0 saturated carbocycles. The molecule has 3 N–H and O–H groups in total. The number of hydrogen-bond donors (Lipinski definition) is 2. The van der Waals surface area contributed by atoms with E-state index in [0.29, 0.717) is 45.9 Å². The highest BCUT2D eigenvalue weighted by Crippen LogP contribution is 2.28. The van der Waals surface area contributed by atoms with Crippen molar-refractivity contribution in [3.8, 4) is 11.5 Å². The largest absolute Gasteiger partial charge is 0.493 e. The number of primary amides is 1. The molecule has 1 heterocycles. The van der Waals surface area contributed by atoms with E-state index in [2.05, 4.69) is 15.3 Å². The van der Waals surface area contributed by atoms with Crippen LogP contribution in [0.5, 0.6) is 11.5 Å². The normalized spacial score (nSPS) is 10.6. The minimum Gasteiger partial charge on any atom is -0.493 e. The molecule has 34 heavy (non-hydrogen) atoms. The van der Waals surface area contributed by atoms with Gasteiger partial charge in [-0.3, -0.25) is 9.59 Å². The number of para-hydroxylation sites is 1. The van der Waals surface area contributed by atoms with Crippen LogP contribution in [0.3, 0.4) is 0 Å². The van der Waals surface area contributed by atoms with E-state index in [1.165, 1.54) is 13.4 Å². The first-order valence-corrected chi connectivity index (χ1v) is 10.6. The highest BCUT2D eigenvalue weighted by molar-refractivity contribution is 6.06. The Morgan fingerprint density at radius 1 is 0.912 bits per heavy atom. The quantitative estimate of drug-likeness (QED) is 0.368. The smallest absolute Gasteiger partial charge is 0.250 e. The Labute approximate surface area is 196 Å². The van der Waals surface area contributed by atoms with Gasteiger partial charge < -0.3 is 20.5 Å². The lowest BCUT2D eigenvalue weighted by molar-refractivity contribution is 0.0987. The molecule has 4 aromatic rings. The minimum atomic E-state index is -0.540. The van der Waals surface area contributed by atoms with Crippen molar-refractivity contribution in [2.45, 2.75) is 13.0 Å². The van der Waals surface area contributed by atoms with E-state index in [4.69, 9.17) is 15.2 Å². The molecule has 0 atom stereocenters. The van der Waals surface area contributed by atoms with Crippen LogP contribution in [0, 0.1) is 0 Å². The number of carbonyl (C=O) groups excluding carboxylic acids is 2. The van der Waals surface area contributed by atoms with Crippen LogP contribution in [-0.4, -0.2) is 35.9 Å². The molecule has 0 fully saturated rings. The van der Waals surface area contributed by atoms with Crippen molar-refractivity contribution in [3.63, 3.8) is 0 Å². The number of hydrogen-bond acceptors (Lipinski definition) is 7. The second-order valence-electron chi connectivity index (χ2n) is 7.63. The maximum atomic E-state index is 12.8. The first-order chi connectivity index (χ1) is 16.5. The molecule has 8 nitrogen and oxygen atoms in total. The molecule has 0 saturated heterocycles. The molecule has 3 aromatic carbocycles. The summed E-state index contributed by atoms with van der Waals surface area (Å²) in [5.41, 5.74) is 8.74. The fourth-order valence-electron chi connectivity index (χ4n) is 3.76. The molecule has 0 radical (unpaired) electrons. The summed E-state index contributed by atoms with van der Waals surface area (Å²) < 4.78 is 10.5. The number of benzene rings is 3. The van der Waals surface area contributed by atoms with E-state index in [1.807, 2.05) is 30.3 Å². The molecule has 0 bridgehead atoms. The summed E-state index contributed by atoms with van der Waals surface area (Å²) in [5.74, 6) is 1.13. The van der Waals surface area contributed by atoms with E-state index >= 15 is 0 Å². The van der Waals surface area contributed by atoms with Gasteiger partial charge in [0, 0.05) is 23.9 Å². The Kier molecular flexibility index (Phi) is 6.68. The summed E-state index contributed by atoms with van der Waals surface area (Å²) in [5, 5.41) is 4.00. The van der Waals surface area contributed by atoms with Gasteiger partial charge in [0.05, 0.1) is 25.3 Å². The monoisotopic (exact) mass is 456 g/mol. The van der Waals surface area contributed by atoms with Crippen molar-refractivity contribution in [1.29, 1.82) is 0 Å². The van der Waals surface area contributed by atoms with Crippen LogP contribution in [0.25, 0.3) is 10.9 Å². The first-order valence-electron chi connectivity index (χ1n) is 10.6. The standard InChI is InChI=1S/C26H24N4O4/c1-33-22-10-9-18(13-23(22)34-2)21(31)12-16-5-3-6-17(11-16)14-28-26-20-8-4-7-19(25(27)32)24(20)29-15-30-26/h3-11,13,15H,12,14H2,1-2H3,(H2,27,32)(H,28,29,30). The van der Waals surface area contributed by atoms with Gasteiger partial charge in [-0.05, 0) is 41.5 Å². The number of aromatic nitrogens is 2. The highest BCUT2D eigenvalue weighted by Gasteiger charge is 2.13. The van der Waals surface area contributed by atoms with E-state index < -0.39 is 5.91 Å². The molecule has 172 valence electrons. The van der Waals surface area contributed by atoms with Crippen LogP contribution in [0.2, 0.25) is 0 Å². The van der Waals surface area contributed by atoms with Crippen molar-refractivity contribution >= 4 is 28.4 Å². The third-order valence-electron chi connectivity index (χ3n) is 5.45. The molecule has 0 spiro atoms. The van der Waals surface area contributed by atoms with Gasteiger partial charge in [0.15, 0.2) is 17.3 Å². The average molecular weight is 457 g/mol. The number of nitrogens with two attached hydrogens (primary N) is 1. The lowest BCUT2D eigenvalue weighted by Crippen LogP contribution is -2.12. The molecule has 1 aromatic heterocycles. The lowest BCUT2D eigenvalue weighted by Gasteiger charge is -2.11. The van der Waals surface area contributed by atoms with Gasteiger partial charge in [-0.1, -0.05) is 30.3 Å². The van der Waals surface area contributed by atoms with Crippen LogP contribution in [0.15, 0.2) is 67.0 Å². The fraction of sp³-hybridized carbons (Fsp3) is 0.154. The zero-order chi connectivity index (χ0) is 24.1. The van der Waals surface area contributed by atoms with Gasteiger partial charge in [0.25, 0.3) is 5.91 Å². The number of carbonyl (C=O) groups is 2. The number of nitrogens with one attached hydrogen (secondary N) is 1. The molecule has 8 heteroatoms. The number of ether oxygens (including phenoxy) is 2. The Balaban J connectivity index is 1.49. The second-order valence-corrected chi connectivity index (χ2v) is 7.63. The number of rotatable bonds is 9. The Hall–Kier alpha value is -4.46. The zero-order valence-electron chi connectivity index (χ0n) is 18.9. The Morgan fingerprint density at radius 2 is 1.68 bits per heavy atom. The van der Waals surface area contributed by atoms with Crippen LogP contribution in [-0.2, 0) is 13.0 Å². The maximum absolute atomic E-state index is 12.8. The van der Waals surface area contributed by atoms with Gasteiger partial charge in [-0.2, -0.15) is 0 Å². The van der Waals surface area contributed by atoms with E-state index in [-0.39, 0.29) is 12.2 Å². The molecule has 1 amide bonds. The van der Waals surface area contributed by atoms with Crippen LogP contribution < -0.4 is 20.5 Å². The number of fused-ring (bicyclic) bond motifs is 1. The van der Waals surface area contributed by atoms with Crippen molar-refractivity contribution < 1.29 is 19.1 Å². The topological polar surface area (TPSA) is 116 Å². The van der Waals surface area contributed by atoms with E-state index in [0.717, 1.165) is 11.1 Å². The SMILES string of the molecule is COc1ccc(C(=O)Cc2cccc(CNc3ncnc4c(C(N)=O)cccc34)c2)cc1OC. The fourth-order valence-corrected chi connectivity index (χ4v) is 3.76. The maximum Gasteiger partial charge on any atom is 0.250 e. The molecule has 0 aliphatic carbocycles. The summed E-state index contributed by atoms with van der Waals surface area (Å²) in [6, 6.07) is 18.1. The van der Waals surface area contributed by atoms with Crippen LogP contribution in [0.4, 0.5) is 5.82 Å². The number of nitrogens with zero attached hydrogens (tertiary/aromatic N) is 2. The van der Waals surface area contributed by atoms with Crippen LogP contribution in [0.1, 0.15) is 31.8 Å². The molecular weight excluding hydrogens is 432 g/mol. The number of Topliss-reactive ketones (excluding diaryl/α,β-unsaturated/α-hetero) is 1. The predicted octanol–water partition coefficient (Wildman–Crippen LogP) is 3.78. The zero-order valence-corrected chi connectivity index (χ0v) is 18.9. The van der Waals surface area contributed by atoms with Crippen molar-refractivity contribution in [3.05, 3.63) is 89.2 Å². The number of amides is 1. The molecule has 0 aliphatic rings. The third-order valence-corrected chi connectivity index (χ3v) is 5.45. The summed E-state index contributed by atoms with van der Waals surface area (Å²) in [7, 11) is 3.10. The summed E-state index contributed by atoms with van der Waals surface area (Å²) in [6.07, 6.45) is 1.65. The number of ketones is 1. The first kappa shape index (κ1) is 22.7. The minimum absolute atomic E-state index is 0.0214. The highest BCUT2D eigenvalue weighted by atomic mass is 16.5. The molecule has 0 unspecified atom stereocenters. The van der Waals surface area contributed by atoms with Gasteiger partial charge in [0.1, 0.15) is 12.1 Å². The van der Waals surface area contributed by atoms with Gasteiger partial charge >= 0.3 is 0 Å². The molecule has 0 aliphatic heterocycles. The lowest BCUT2D eigenvalue weighted by atomic mass is 10.0. The Morgan fingerprint density at radius 3 is 2.44 bits per heavy atom. The Bertz CT molecular complexity index is 1370. The van der Waals surface area contributed by atoms with Gasteiger partial charge in [-0.15, -0.1) is 0 Å². The third kappa shape index (κ3) is 4.80. The van der Waals surface area contributed by atoms with Gasteiger partial charge in [0.2, 0.25) is 0 Å². The number of anilines is 1. The average Bonchev–Trinajstić information content (AvgIpc) is 2.86. The van der Waals surface area contributed by atoms with Crippen molar-refractivity contribution in [2.24, 2.45) is 5.73 Å². The van der Waals surface area contributed by atoms with Gasteiger partial charge in [-0.25, -0.2) is 9.97 Å². The van der Waals surface area contributed by atoms with E-state index in [1.54, 1.807) is 37.4 Å². The molecular formula is C26H24N4O4. The summed E-state index contributed by atoms with van der Waals surface area (Å²) in [6.45, 7) is 0.477. The molecule has 4 rings (SSSR count). The second kappa shape index (κ2) is 9.99. The van der Waals surface area contributed by atoms with Crippen molar-refractivity contribution in [1.82, 2.24) is 9.97 Å². The predicted molar refractivity (Wildman–Crippen MR) is 129 cm³/mol. The summed E-state index contributed by atoms with van der Waals surface area (Å²) >= 11 is 0. The van der Waals surface area contributed by atoms with Crippen molar-refractivity contribution in [2.75, 3.05) is 19.5 Å². The number of methoxy groups -OCH3 is 2. The van der Waals surface area contributed by atoms with Crippen LogP contribution >= 0.6 is 0 Å². The van der Waals surface area contributed by atoms with E-state index in [9.17, 15) is 9.59 Å².